The van der Waals surface area contributed by atoms with Gasteiger partial charge >= 0.3 is 0 Å². The van der Waals surface area contributed by atoms with Crippen molar-refractivity contribution >= 4 is 0 Å². The van der Waals surface area contributed by atoms with Gasteiger partial charge in [-0.25, -0.2) is 0 Å². The van der Waals surface area contributed by atoms with Crippen molar-refractivity contribution in [3.63, 3.8) is 0 Å². The Labute approximate surface area is 178 Å². The average molecular weight is 409 g/mol. The fourth-order valence-electron chi connectivity index (χ4n) is 4.04. The molecule has 0 bridgehead atoms. The van der Waals surface area contributed by atoms with E-state index in [-0.39, 0.29) is 23.0 Å². The molecule has 0 aliphatic rings. The highest BCUT2D eigenvalue weighted by atomic mass is 16.5. The number of methoxy groups -OCH3 is 2. The van der Waals surface area contributed by atoms with Crippen molar-refractivity contribution in [2.75, 3.05) is 14.2 Å². The summed E-state index contributed by atoms with van der Waals surface area (Å²) >= 11 is 0. The third-order valence-corrected chi connectivity index (χ3v) is 6.51. The zero-order valence-corrected chi connectivity index (χ0v) is 19.8. The number of rotatable bonds is 14. The largest absolute Gasteiger partial charge is 0.504 e. The van der Waals surface area contributed by atoms with E-state index in [9.17, 15) is 10.2 Å². The standard InChI is InChI=1S/C25H44O4/c1-8-17(2)11-9-12-18(3)13-10-14-19(4)15-16-21-20(5)22(26)24(28-6)25(29-7)23(21)27/h17-19,26-27H,8-16H2,1-7H3. The summed E-state index contributed by atoms with van der Waals surface area (Å²) in [5.74, 6) is 2.79. The highest BCUT2D eigenvalue weighted by molar-refractivity contribution is 5.65. The molecule has 1 rings (SSSR count). The van der Waals surface area contributed by atoms with Gasteiger partial charge in [0.05, 0.1) is 14.2 Å². The van der Waals surface area contributed by atoms with Crippen LogP contribution in [0.1, 0.15) is 90.2 Å². The van der Waals surface area contributed by atoms with Crippen LogP contribution in [-0.4, -0.2) is 24.4 Å². The van der Waals surface area contributed by atoms with Gasteiger partial charge in [0.25, 0.3) is 0 Å². The third-order valence-electron chi connectivity index (χ3n) is 6.51. The van der Waals surface area contributed by atoms with E-state index in [1.54, 1.807) is 0 Å². The molecule has 0 saturated carbocycles. The zero-order chi connectivity index (χ0) is 22.0. The molecule has 1 aromatic rings. The van der Waals surface area contributed by atoms with E-state index in [0.717, 1.165) is 30.2 Å². The molecular formula is C25H44O4. The van der Waals surface area contributed by atoms with Gasteiger partial charge in [0.15, 0.2) is 11.5 Å². The molecule has 0 saturated heterocycles. The van der Waals surface area contributed by atoms with Crippen molar-refractivity contribution in [2.24, 2.45) is 17.8 Å². The van der Waals surface area contributed by atoms with Crippen LogP contribution in [0.2, 0.25) is 0 Å². The summed E-state index contributed by atoms with van der Waals surface area (Å²) < 4.78 is 10.5. The van der Waals surface area contributed by atoms with E-state index >= 15 is 0 Å². The first-order valence-corrected chi connectivity index (χ1v) is 11.4. The van der Waals surface area contributed by atoms with E-state index in [4.69, 9.17) is 9.47 Å². The molecule has 3 unspecified atom stereocenters. The number of phenols is 2. The predicted octanol–water partition coefficient (Wildman–Crippen LogP) is 7.01. The van der Waals surface area contributed by atoms with E-state index in [0.29, 0.717) is 11.5 Å². The quantitative estimate of drug-likeness (QED) is 0.325. The maximum Gasteiger partial charge on any atom is 0.207 e. The van der Waals surface area contributed by atoms with Crippen LogP contribution >= 0.6 is 0 Å². The fourth-order valence-corrected chi connectivity index (χ4v) is 4.04. The molecule has 0 spiro atoms. The lowest BCUT2D eigenvalue weighted by Crippen LogP contribution is -2.03. The van der Waals surface area contributed by atoms with Crippen LogP contribution in [-0.2, 0) is 6.42 Å². The average Bonchev–Trinajstić information content (AvgIpc) is 2.70. The fraction of sp³-hybridized carbons (Fsp3) is 0.760. The maximum atomic E-state index is 10.6. The minimum Gasteiger partial charge on any atom is -0.504 e. The smallest absolute Gasteiger partial charge is 0.207 e. The molecule has 168 valence electrons. The summed E-state index contributed by atoms with van der Waals surface area (Å²) in [7, 11) is 2.94. The van der Waals surface area contributed by atoms with Crippen molar-refractivity contribution in [3.8, 4) is 23.0 Å². The summed E-state index contributed by atoms with van der Waals surface area (Å²) in [6.07, 6.45) is 10.8. The van der Waals surface area contributed by atoms with Crippen LogP contribution in [0.3, 0.4) is 0 Å². The van der Waals surface area contributed by atoms with Gasteiger partial charge in [-0.2, -0.15) is 0 Å². The summed E-state index contributed by atoms with van der Waals surface area (Å²) in [6.45, 7) is 11.1. The number of ether oxygens (including phenoxy) is 2. The highest BCUT2D eigenvalue weighted by Crippen LogP contribution is 2.48. The Kier molecular flexibility index (Phi) is 11.3. The predicted molar refractivity (Wildman–Crippen MR) is 121 cm³/mol. The maximum absolute atomic E-state index is 10.6. The molecule has 2 N–H and O–H groups in total. The van der Waals surface area contributed by atoms with E-state index < -0.39 is 0 Å². The molecule has 0 fully saturated rings. The normalized spacial score (nSPS) is 14.4. The van der Waals surface area contributed by atoms with E-state index in [1.165, 1.54) is 59.2 Å². The van der Waals surface area contributed by atoms with Gasteiger partial charge in [0.1, 0.15) is 0 Å². The first-order valence-electron chi connectivity index (χ1n) is 11.4. The molecule has 0 aromatic heterocycles. The lowest BCUT2D eigenvalue weighted by atomic mass is 9.90. The van der Waals surface area contributed by atoms with Crippen molar-refractivity contribution in [3.05, 3.63) is 11.1 Å². The lowest BCUT2D eigenvalue weighted by Gasteiger charge is -2.19. The Bertz CT molecular complexity index is 612. The molecule has 0 radical (unpaired) electrons. The second-order valence-corrected chi connectivity index (χ2v) is 8.99. The van der Waals surface area contributed by atoms with Gasteiger partial charge in [-0.3, -0.25) is 0 Å². The van der Waals surface area contributed by atoms with Crippen molar-refractivity contribution in [2.45, 2.75) is 92.4 Å². The van der Waals surface area contributed by atoms with Crippen molar-refractivity contribution < 1.29 is 19.7 Å². The van der Waals surface area contributed by atoms with Gasteiger partial charge in [-0.05, 0) is 37.5 Å². The second kappa shape index (κ2) is 12.9. The Morgan fingerprint density at radius 1 is 0.724 bits per heavy atom. The number of aromatic hydroxyl groups is 2. The molecule has 29 heavy (non-hydrogen) atoms. The van der Waals surface area contributed by atoms with Gasteiger partial charge in [0, 0.05) is 11.1 Å². The van der Waals surface area contributed by atoms with Crippen LogP contribution in [0.4, 0.5) is 0 Å². The summed E-state index contributed by atoms with van der Waals surface area (Å²) in [5, 5.41) is 21.0. The van der Waals surface area contributed by atoms with Crippen LogP contribution in [0.15, 0.2) is 0 Å². The Balaban J connectivity index is 2.49. The SMILES string of the molecule is CCC(C)CCCC(C)CCCC(C)CCc1c(C)c(O)c(OC)c(OC)c1O. The molecule has 0 aliphatic heterocycles. The Morgan fingerprint density at radius 2 is 1.17 bits per heavy atom. The second-order valence-electron chi connectivity index (χ2n) is 8.99. The highest BCUT2D eigenvalue weighted by Gasteiger charge is 2.23. The molecule has 1 aromatic carbocycles. The van der Waals surface area contributed by atoms with Crippen molar-refractivity contribution in [1.82, 2.24) is 0 Å². The first kappa shape index (κ1) is 25.5. The van der Waals surface area contributed by atoms with Crippen molar-refractivity contribution in [1.29, 1.82) is 0 Å². The topological polar surface area (TPSA) is 58.9 Å². The van der Waals surface area contributed by atoms with E-state index in [1.807, 2.05) is 6.92 Å². The molecule has 0 heterocycles. The number of benzene rings is 1. The summed E-state index contributed by atoms with van der Waals surface area (Å²) in [6, 6.07) is 0. The zero-order valence-electron chi connectivity index (χ0n) is 19.8. The van der Waals surface area contributed by atoms with Gasteiger partial charge in [-0.15, -0.1) is 0 Å². The van der Waals surface area contributed by atoms with E-state index in [2.05, 4.69) is 27.7 Å². The molecule has 0 aliphatic carbocycles. The third kappa shape index (κ3) is 7.64. The molecule has 4 heteroatoms. The summed E-state index contributed by atoms with van der Waals surface area (Å²) in [4.78, 5) is 0. The molecule has 0 amide bonds. The summed E-state index contributed by atoms with van der Waals surface area (Å²) in [5.41, 5.74) is 1.42. The van der Waals surface area contributed by atoms with Crippen LogP contribution in [0.5, 0.6) is 23.0 Å². The number of phenolic OH excluding ortho intramolecular Hbond substituents is 2. The van der Waals surface area contributed by atoms with Crippen LogP contribution in [0, 0.1) is 24.7 Å². The molecule has 4 nitrogen and oxygen atoms in total. The monoisotopic (exact) mass is 408 g/mol. The lowest BCUT2D eigenvalue weighted by molar-refractivity contribution is 0.313. The minimum absolute atomic E-state index is 0.0519. The van der Waals surface area contributed by atoms with Gasteiger partial charge in [-0.1, -0.05) is 72.6 Å². The van der Waals surface area contributed by atoms with Crippen LogP contribution in [0.25, 0.3) is 0 Å². The Morgan fingerprint density at radius 3 is 1.66 bits per heavy atom. The van der Waals surface area contributed by atoms with Gasteiger partial charge < -0.3 is 19.7 Å². The Hall–Kier alpha value is -1.58. The minimum atomic E-state index is 0.0519. The van der Waals surface area contributed by atoms with Crippen LogP contribution < -0.4 is 9.47 Å². The first-order chi connectivity index (χ1) is 13.8. The molecule has 3 atom stereocenters. The number of hydrogen-bond donors (Lipinski definition) is 2. The number of hydrogen-bond acceptors (Lipinski definition) is 4. The molecular weight excluding hydrogens is 364 g/mol. The van der Waals surface area contributed by atoms with Gasteiger partial charge in [0.2, 0.25) is 11.5 Å².